The summed E-state index contributed by atoms with van der Waals surface area (Å²) in [6.07, 6.45) is 7.61. The average Bonchev–Trinajstić information content (AvgIpc) is 3.35. The first-order valence-electron chi connectivity index (χ1n) is 9.54. The number of likely N-dealkylation sites (tertiary alicyclic amines) is 1. The van der Waals surface area contributed by atoms with E-state index in [0.717, 1.165) is 24.6 Å². The number of carbonyl (C=O) groups excluding carboxylic acids is 1. The van der Waals surface area contributed by atoms with Crippen molar-refractivity contribution in [1.29, 1.82) is 10.8 Å². The van der Waals surface area contributed by atoms with E-state index in [1.807, 2.05) is 6.08 Å². The van der Waals surface area contributed by atoms with Gasteiger partial charge in [0.1, 0.15) is 11.4 Å². The van der Waals surface area contributed by atoms with Crippen LogP contribution < -0.4 is 11.1 Å². The van der Waals surface area contributed by atoms with Crippen LogP contribution in [0.25, 0.3) is 0 Å². The summed E-state index contributed by atoms with van der Waals surface area (Å²) in [5, 5.41) is 19.5. The zero-order valence-electron chi connectivity index (χ0n) is 16.1. The number of nitrogens with two attached hydrogens (primary N) is 1. The van der Waals surface area contributed by atoms with Crippen LogP contribution in [0.1, 0.15) is 46.5 Å². The molecule has 2 unspecified atom stereocenters. The van der Waals surface area contributed by atoms with Crippen LogP contribution in [-0.4, -0.2) is 41.4 Å². The summed E-state index contributed by atoms with van der Waals surface area (Å²) >= 11 is 0. The summed E-state index contributed by atoms with van der Waals surface area (Å²) in [4.78, 5) is 14.6. The normalized spacial score (nSPS) is 27.1. The third-order valence-electron chi connectivity index (χ3n) is 5.38. The van der Waals surface area contributed by atoms with Gasteiger partial charge in [-0.15, -0.1) is 0 Å². The minimum absolute atomic E-state index is 0.0280. The van der Waals surface area contributed by atoms with Gasteiger partial charge in [0, 0.05) is 25.6 Å². The Bertz CT molecular complexity index is 681. The van der Waals surface area contributed by atoms with Crippen LogP contribution in [-0.2, 0) is 4.79 Å². The molecule has 1 aliphatic heterocycles. The number of amides is 1. The molecule has 6 nitrogen and oxygen atoms in total. The fourth-order valence-corrected chi connectivity index (χ4v) is 3.98. The number of hydrogen-bond acceptors (Lipinski definition) is 5. The smallest absolute Gasteiger partial charge is 0.220 e. The van der Waals surface area contributed by atoms with Crippen LogP contribution in [0.5, 0.6) is 0 Å². The highest BCUT2D eigenvalue weighted by molar-refractivity contribution is 6.51. The van der Waals surface area contributed by atoms with E-state index in [2.05, 4.69) is 31.0 Å². The maximum absolute atomic E-state index is 12.4. The molecule has 5 N–H and O–H groups in total. The van der Waals surface area contributed by atoms with Gasteiger partial charge in [0.15, 0.2) is 0 Å². The summed E-state index contributed by atoms with van der Waals surface area (Å²) in [7, 11) is 0. The van der Waals surface area contributed by atoms with Gasteiger partial charge in [0.25, 0.3) is 0 Å². The third-order valence-corrected chi connectivity index (χ3v) is 5.38. The summed E-state index contributed by atoms with van der Waals surface area (Å²) < 4.78 is 0. The Balaban J connectivity index is 1.73. The van der Waals surface area contributed by atoms with Crippen LogP contribution in [0.2, 0.25) is 0 Å². The van der Waals surface area contributed by atoms with Crippen molar-refractivity contribution in [3.05, 3.63) is 23.5 Å². The Morgan fingerprint density at radius 3 is 2.50 bits per heavy atom. The predicted octanol–water partition coefficient (Wildman–Crippen LogP) is 2.42. The third kappa shape index (κ3) is 4.34. The fourth-order valence-electron chi connectivity index (χ4n) is 3.98. The molecule has 0 bridgehead atoms. The van der Waals surface area contributed by atoms with E-state index in [-0.39, 0.29) is 28.8 Å². The maximum atomic E-state index is 12.4. The van der Waals surface area contributed by atoms with Gasteiger partial charge in [0.05, 0.1) is 11.4 Å². The molecular formula is C20H31N5O. The lowest BCUT2D eigenvalue weighted by Gasteiger charge is -2.41. The van der Waals surface area contributed by atoms with E-state index in [1.165, 1.54) is 12.8 Å². The van der Waals surface area contributed by atoms with Gasteiger partial charge in [-0.25, -0.2) is 0 Å². The van der Waals surface area contributed by atoms with Gasteiger partial charge in [-0.3, -0.25) is 15.6 Å². The van der Waals surface area contributed by atoms with Crippen molar-refractivity contribution in [2.45, 2.75) is 52.5 Å². The molecular weight excluding hydrogens is 326 g/mol. The van der Waals surface area contributed by atoms with Crippen molar-refractivity contribution in [2.75, 3.05) is 13.1 Å². The van der Waals surface area contributed by atoms with E-state index < -0.39 is 0 Å². The first kappa shape index (κ1) is 18.7. The molecule has 0 aromatic heterocycles. The quantitative estimate of drug-likeness (QED) is 0.581. The fraction of sp³-hybridized carbons (Fsp3) is 0.650. The van der Waals surface area contributed by atoms with Crippen LogP contribution in [0.4, 0.5) is 0 Å². The van der Waals surface area contributed by atoms with E-state index in [0.29, 0.717) is 24.6 Å². The summed E-state index contributed by atoms with van der Waals surface area (Å²) in [5.74, 6) is 1.37. The number of nitrogens with one attached hydrogen (secondary N) is 3. The SMILES string of the molecule is CC(C)(C)CC(=O)NC1CC(C2CC2)CN(C2=CC=C(N)C(=N)C2=N)C1. The minimum atomic E-state index is -0.0280. The van der Waals surface area contributed by atoms with Gasteiger partial charge < -0.3 is 16.0 Å². The monoisotopic (exact) mass is 357 g/mol. The molecule has 1 saturated carbocycles. The maximum Gasteiger partial charge on any atom is 0.220 e. The Labute approximate surface area is 155 Å². The van der Waals surface area contributed by atoms with Crippen molar-refractivity contribution < 1.29 is 4.79 Å². The number of carbonyl (C=O) groups is 1. The Morgan fingerprint density at radius 1 is 1.19 bits per heavy atom. The van der Waals surface area contributed by atoms with Crippen LogP contribution >= 0.6 is 0 Å². The molecule has 26 heavy (non-hydrogen) atoms. The standard InChI is InChI=1S/C20H31N5O/c1-20(2,3)9-17(26)24-14-8-13(12-4-5-12)10-25(11-14)16-7-6-15(21)18(22)19(16)23/h6-7,12-14,22-23H,4-5,8-11,21H2,1-3H3,(H,24,26). The number of hydrogen-bond donors (Lipinski definition) is 4. The Morgan fingerprint density at radius 2 is 1.88 bits per heavy atom. The molecule has 0 radical (unpaired) electrons. The molecule has 2 atom stereocenters. The van der Waals surface area contributed by atoms with Crippen molar-refractivity contribution in [3.63, 3.8) is 0 Å². The van der Waals surface area contributed by atoms with E-state index >= 15 is 0 Å². The average molecular weight is 358 g/mol. The molecule has 0 aromatic rings. The molecule has 0 spiro atoms. The van der Waals surface area contributed by atoms with Crippen molar-refractivity contribution in [3.8, 4) is 0 Å². The zero-order valence-corrected chi connectivity index (χ0v) is 16.1. The molecule has 3 rings (SSSR count). The molecule has 1 amide bonds. The highest BCUT2D eigenvalue weighted by Crippen LogP contribution is 2.41. The number of nitrogens with zero attached hydrogens (tertiary/aromatic N) is 1. The number of piperidine rings is 1. The number of allylic oxidation sites excluding steroid dienone is 4. The largest absolute Gasteiger partial charge is 0.397 e. The Kier molecular flexibility index (Phi) is 4.95. The van der Waals surface area contributed by atoms with Gasteiger partial charge >= 0.3 is 0 Å². The lowest BCUT2D eigenvalue weighted by Crippen LogP contribution is -2.52. The first-order chi connectivity index (χ1) is 12.1. The van der Waals surface area contributed by atoms with Crippen LogP contribution in [0, 0.1) is 28.1 Å². The van der Waals surface area contributed by atoms with Crippen molar-refractivity contribution in [2.24, 2.45) is 23.0 Å². The molecule has 2 aliphatic carbocycles. The van der Waals surface area contributed by atoms with Gasteiger partial charge in [-0.05, 0) is 48.7 Å². The Hall–Kier alpha value is -2.11. The lowest BCUT2D eigenvalue weighted by atomic mass is 9.87. The van der Waals surface area contributed by atoms with Gasteiger partial charge in [-0.2, -0.15) is 0 Å². The summed E-state index contributed by atoms with van der Waals surface area (Å²) in [5.41, 5.74) is 7.11. The lowest BCUT2D eigenvalue weighted by molar-refractivity contribution is -0.124. The highest BCUT2D eigenvalue weighted by Gasteiger charge is 2.39. The molecule has 2 fully saturated rings. The molecule has 1 heterocycles. The van der Waals surface area contributed by atoms with E-state index in [4.69, 9.17) is 16.6 Å². The topological polar surface area (TPSA) is 106 Å². The molecule has 6 heteroatoms. The number of rotatable bonds is 4. The van der Waals surface area contributed by atoms with Crippen molar-refractivity contribution >= 4 is 17.3 Å². The second-order valence-corrected chi connectivity index (χ2v) is 9.16. The second-order valence-electron chi connectivity index (χ2n) is 9.16. The van der Waals surface area contributed by atoms with E-state index in [1.54, 1.807) is 6.08 Å². The predicted molar refractivity (Wildman–Crippen MR) is 104 cm³/mol. The van der Waals surface area contributed by atoms with Crippen molar-refractivity contribution in [1.82, 2.24) is 10.2 Å². The van der Waals surface area contributed by atoms with E-state index in [9.17, 15) is 4.79 Å². The van der Waals surface area contributed by atoms with Gasteiger partial charge in [0.2, 0.25) is 5.91 Å². The second kappa shape index (κ2) is 6.89. The highest BCUT2D eigenvalue weighted by atomic mass is 16.1. The summed E-state index contributed by atoms with van der Waals surface area (Å²) in [6, 6.07) is 0.0929. The molecule has 1 saturated heterocycles. The first-order valence-corrected chi connectivity index (χ1v) is 9.54. The summed E-state index contributed by atoms with van der Waals surface area (Å²) in [6.45, 7) is 7.80. The molecule has 3 aliphatic rings. The molecule has 0 aromatic carbocycles. The van der Waals surface area contributed by atoms with Gasteiger partial charge in [-0.1, -0.05) is 20.8 Å². The molecule has 142 valence electrons. The minimum Gasteiger partial charge on any atom is -0.397 e. The zero-order chi connectivity index (χ0) is 19.1. The van der Waals surface area contributed by atoms with Crippen LogP contribution in [0.3, 0.4) is 0 Å². The van der Waals surface area contributed by atoms with Crippen LogP contribution in [0.15, 0.2) is 23.5 Å².